The molecule has 0 saturated carbocycles. The topological polar surface area (TPSA) is 28.2 Å². The van der Waals surface area contributed by atoms with Crippen molar-refractivity contribution in [2.45, 2.75) is 53.6 Å². The molecule has 0 atom stereocenters. The Kier molecular flexibility index (Phi) is 5.60. The van der Waals surface area contributed by atoms with Gasteiger partial charge in [-0.15, -0.1) is 0 Å². The van der Waals surface area contributed by atoms with Crippen molar-refractivity contribution in [3.05, 3.63) is 22.9 Å². The van der Waals surface area contributed by atoms with E-state index < -0.39 is 0 Å². The first-order valence-electron chi connectivity index (χ1n) is 6.88. The third-order valence-electron chi connectivity index (χ3n) is 3.29. The summed E-state index contributed by atoms with van der Waals surface area (Å²) in [5.74, 6) is 1.12. The van der Waals surface area contributed by atoms with E-state index in [9.17, 15) is 0 Å². The fraction of sp³-hybridized carbons (Fsp3) is 0.667. The summed E-state index contributed by atoms with van der Waals surface area (Å²) in [5.41, 5.74) is 3.74. The Morgan fingerprint density at radius 2 is 2.00 bits per heavy atom. The first kappa shape index (κ1) is 15.0. The van der Waals surface area contributed by atoms with Crippen LogP contribution in [0, 0.1) is 13.8 Å². The van der Waals surface area contributed by atoms with Crippen LogP contribution in [0.25, 0.3) is 0 Å². The second-order valence-electron chi connectivity index (χ2n) is 5.26. The monoisotopic (exact) mass is 249 g/mol. The minimum atomic E-state index is 0.462. The molecule has 0 unspecified atom stereocenters. The van der Waals surface area contributed by atoms with Crippen LogP contribution in [0.4, 0.5) is 5.82 Å². The molecule has 0 aliphatic rings. The Labute approximate surface area is 112 Å². The van der Waals surface area contributed by atoms with Gasteiger partial charge in [-0.25, -0.2) is 4.98 Å². The Morgan fingerprint density at radius 3 is 2.56 bits per heavy atom. The lowest BCUT2D eigenvalue weighted by molar-refractivity contribution is 0.662. The lowest BCUT2D eigenvalue weighted by Gasteiger charge is -2.26. The summed E-state index contributed by atoms with van der Waals surface area (Å²) in [7, 11) is 2.12. The standard InChI is InChI=1S/C15H27N3/c1-7-8-16-10-14-12(4)9-13(5)17-15(14)18(6)11(2)3/h9,11,16H,7-8,10H2,1-6H3. The summed E-state index contributed by atoms with van der Waals surface area (Å²) in [5, 5.41) is 3.48. The minimum Gasteiger partial charge on any atom is -0.357 e. The summed E-state index contributed by atoms with van der Waals surface area (Å²) in [4.78, 5) is 6.97. The van der Waals surface area contributed by atoms with E-state index >= 15 is 0 Å². The molecule has 0 aliphatic carbocycles. The smallest absolute Gasteiger partial charge is 0.133 e. The van der Waals surface area contributed by atoms with Crippen molar-refractivity contribution in [2.24, 2.45) is 0 Å². The van der Waals surface area contributed by atoms with Gasteiger partial charge < -0.3 is 10.2 Å². The van der Waals surface area contributed by atoms with Crippen LogP contribution in [0.15, 0.2) is 6.07 Å². The summed E-state index contributed by atoms with van der Waals surface area (Å²) >= 11 is 0. The molecular formula is C15H27N3. The molecule has 0 amide bonds. The van der Waals surface area contributed by atoms with Crippen LogP contribution in [0.5, 0.6) is 0 Å². The number of aryl methyl sites for hydroxylation is 2. The van der Waals surface area contributed by atoms with Crippen molar-refractivity contribution >= 4 is 5.82 Å². The zero-order valence-corrected chi connectivity index (χ0v) is 12.7. The molecule has 1 aromatic rings. The minimum absolute atomic E-state index is 0.462. The second kappa shape index (κ2) is 6.74. The summed E-state index contributed by atoms with van der Waals surface area (Å²) in [6.07, 6.45) is 1.16. The van der Waals surface area contributed by atoms with Crippen LogP contribution < -0.4 is 10.2 Å². The Balaban J connectivity index is 3.04. The first-order chi connectivity index (χ1) is 8.47. The van der Waals surface area contributed by atoms with Gasteiger partial charge in [0, 0.05) is 30.9 Å². The normalized spacial score (nSPS) is 11.1. The first-order valence-corrected chi connectivity index (χ1v) is 6.88. The summed E-state index contributed by atoms with van der Waals surface area (Å²) in [6.45, 7) is 12.8. The van der Waals surface area contributed by atoms with E-state index in [2.05, 4.69) is 57.9 Å². The van der Waals surface area contributed by atoms with Gasteiger partial charge in [0.15, 0.2) is 0 Å². The molecule has 0 saturated heterocycles. The third kappa shape index (κ3) is 3.70. The third-order valence-corrected chi connectivity index (χ3v) is 3.29. The van der Waals surface area contributed by atoms with Crippen molar-refractivity contribution in [1.29, 1.82) is 0 Å². The van der Waals surface area contributed by atoms with Crippen molar-refractivity contribution in [1.82, 2.24) is 10.3 Å². The molecule has 1 heterocycles. The van der Waals surface area contributed by atoms with Gasteiger partial charge in [-0.1, -0.05) is 6.92 Å². The van der Waals surface area contributed by atoms with E-state index in [1.54, 1.807) is 0 Å². The number of pyridine rings is 1. The molecule has 1 N–H and O–H groups in total. The lowest BCUT2D eigenvalue weighted by Crippen LogP contribution is -2.29. The molecule has 0 radical (unpaired) electrons. The molecule has 1 aromatic heterocycles. The summed E-state index contributed by atoms with van der Waals surface area (Å²) in [6, 6.07) is 2.63. The predicted octanol–water partition coefficient (Wildman–Crippen LogP) is 3.04. The number of anilines is 1. The maximum atomic E-state index is 4.72. The van der Waals surface area contributed by atoms with E-state index in [1.165, 1.54) is 11.1 Å². The Bertz CT molecular complexity index is 386. The van der Waals surface area contributed by atoms with Gasteiger partial charge in [0.25, 0.3) is 0 Å². The van der Waals surface area contributed by atoms with Crippen LogP contribution in [0.2, 0.25) is 0 Å². The molecule has 0 bridgehead atoms. The predicted molar refractivity (Wildman–Crippen MR) is 79.2 cm³/mol. The molecule has 3 nitrogen and oxygen atoms in total. The maximum absolute atomic E-state index is 4.72. The second-order valence-corrected chi connectivity index (χ2v) is 5.26. The molecule has 0 fully saturated rings. The molecule has 3 heteroatoms. The zero-order valence-electron chi connectivity index (χ0n) is 12.7. The van der Waals surface area contributed by atoms with Gasteiger partial charge in [-0.2, -0.15) is 0 Å². The fourth-order valence-electron chi connectivity index (χ4n) is 1.99. The van der Waals surface area contributed by atoms with Crippen molar-refractivity contribution in [3.8, 4) is 0 Å². The number of aromatic nitrogens is 1. The van der Waals surface area contributed by atoms with Gasteiger partial charge in [-0.3, -0.25) is 0 Å². The van der Waals surface area contributed by atoms with Crippen LogP contribution in [-0.2, 0) is 6.54 Å². The zero-order chi connectivity index (χ0) is 13.7. The van der Waals surface area contributed by atoms with E-state index in [-0.39, 0.29) is 0 Å². The van der Waals surface area contributed by atoms with Gasteiger partial charge in [-0.05, 0) is 52.3 Å². The molecule has 0 aromatic carbocycles. The molecule has 102 valence electrons. The van der Waals surface area contributed by atoms with E-state index in [4.69, 9.17) is 4.98 Å². The maximum Gasteiger partial charge on any atom is 0.133 e. The van der Waals surface area contributed by atoms with Gasteiger partial charge >= 0.3 is 0 Å². The number of hydrogen-bond acceptors (Lipinski definition) is 3. The van der Waals surface area contributed by atoms with Crippen LogP contribution in [0.3, 0.4) is 0 Å². The van der Waals surface area contributed by atoms with Crippen molar-refractivity contribution < 1.29 is 0 Å². The number of rotatable bonds is 6. The van der Waals surface area contributed by atoms with E-state index in [1.807, 2.05) is 0 Å². The van der Waals surface area contributed by atoms with E-state index in [0.717, 1.165) is 31.0 Å². The van der Waals surface area contributed by atoms with E-state index in [0.29, 0.717) is 6.04 Å². The summed E-state index contributed by atoms with van der Waals surface area (Å²) < 4.78 is 0. The number of nitrogens with zero attached hydrogens (tertiary/aromatic N) is 2. The Morgan fingerprint density at radius 1 is 1.33 bits per heavy atom. The quantitative estimate of drug-likeness (QED) is 0.785. The average Bonchev–Trinajstić information content (AvgIpc) is 2.30. The fourth-order valence-corrected chi connectivity index (χ4v) is 1.99. The highest BCUT2D eigenvalue weighted by Gasteiger charge is 2.14. The van der Waals surface area contributed by atoms with Crippen LogP contribution in [0.1, 0.15) is 44.0 Å². The highest BCUT2D eigenvalue weighted by Crippen LogP contribution is 2.23. The van der Waals surface area contributed by atoms with Gasteiger partial charge in [0.05, 0.1) is 0 Å². The lowest BCUT2D eigenvalue weighted by atomic mass is 10.1. The number of hydrogen-bond donors (Lipinski definition) is 1. The van der Waals surface area contributed by atoms with Gasteiger partial charge in [0.2, 0.25) is 0 Å². The molecular weight excluding hydrogens is 222 g/mol. The highest BCUT2D eigenvalue weighted by molar-refractivity contribution is 5.51. The van der Waals surface area contributed by atoms with Crippen molar-refractivity contribution in [3.63, 3.8) is 0 Å². The largest absolute Gasteiger partial charge is 0.357 e. The average molecular weight is 249 g/mol. The molecule has 18 heavy (non-hydrogen) atoms. The van der Waals surface area contributed by atoms with Crippen LogP contribution in [-0.4, -0.2) is 24.6 Å². The SMILES string of the molecule is CCCNCc1c(C)cc(C)nc1N(C)C(C)C. The molecule has 0 aliphatic heterocycles. The van der Waals surface area contributed by atoms with Crippen molar-refractivity contribution in [2.75, 3.05) is 18.5 Å². The van der Waals surface area contributed by atoms with Gasteiger partial charge in [0.1, 0.15) is 5.82 Å². The van der Waals surface area contributed by atoms with Crippen LogP contribution >= 0.6 is 0 Å². The molecule has 1 rings (SSSR count). The number of nitrogens with one attached hydrogen (secondary N) is 1. The molecule has 0 spiro atoms. The Hall–Kier alpha value is -1.09. The highest BCUT2D eigenvalue weighted by atomic mass is 15.2.